The van der Waals surface area contributed by atoms with Gasteiger partial charge >= 0.3 is 0 Å². The number of guanidine groups is 1. The minimum absolute atomic E-state index is 0. The van der Waals surface area contributed by atoms with Gasteiger partial charge < -0.3 is 10.6 Å². The van der Waals surface area contributed by atoms with Crippen molar-refractivity contribution in [2.45, 2.75) is 40.7 Å². The molecule has 0 aromatic carbocycles. The van der Waals surface area contributed by atoms with Crippen LogP contribution in [0.4, 0.5) is 0 Å². The van der Waals surface area contributed by atoms with Crippen molar-refractivity contribution in [2.24, 2.45) is 4.99 Å². The van der Waals surface area contributed by atoms with Gasteiger partial charge in [-0.3, -0.25) is 0 Å². The van der Waals surface area contributed by atoms with E-state index < -0.39 is 0 Å². The summed E-state index contributed by atoms with van der Waals surface area (Å²) in [6.07, 6.45) is 0.907. The van der Waals surface area contributed by atoms with E-state index in [0.29, 0.717) is 6.54 Å². The highest BCUT2D eigenvalue weighted by molar-refractivity contribution is 14.0. The number of aryl methyl sites for hydroxylation is 3. The Morgan fingerprint density at radius 2 is 2.00 bits per heavy atom. The zero-order valence-electron chi connectivity index (χ0n) is 14.0. The fourth-order valence-corrected chi connectivity index (χ4v) is 3.43. The summed E-state index contributed by atoms with van der Waals surface area (Å²) < 4.78 is 0. The van der Waals surface area contributed by atoms with Crippen LogP contribution in [0.25, 0.3) is 0 Å². The molecule has 2 aromatic rings. The third-order valence-corrected chi connectivity index (χ3v) is 5.01. The van der Waals surface area contributed by atoms with Gasteiger partial charge in [-0.15, -0.1) is 46.7 Å². The fraction of sp³-hybridized carbons (Fsp3) is 0.533. The highest BCUT2D eigenvalue weighted by Crippen LogP contribution is 2.16. The SMILES string of the molecule is CCNC(=NCc1nc(C)c(C)s1)NCCc1csc(C)n1.I. The van der Waals surface area contributed by atoms with E-state index in [0.717, 1.165) is 46.9 Å². The third-order valence-electron chi connectivity index (χ3n) is 3.13. The Bertz CT molecular complexity index is 616. The van der Waals surface area contributed by atoms with E-state index >= 15 is 0 Å². The summed E-state index contributed by atoms with van der Waals surface area (Å²) in [6, 6.07) is 0. The van der Waals surface area contributed by atoms with Crippen LogP contribution >= 0.6 is 46.7 Å². The van der Waals surface area contributed by atoms with E-state index in [-0.39, 0.29) is 24.0 Å². The van der Waals surface area contributed by atoms with Crippen molar-refractivity contribution in [1.82, 2.24) is 20.6 Å². The lowest BCUT2D eigenvalue weighted by molar-refractivity contribution is 0.789. The van der Waals surface area contributed by atoms with Gasteiger partial charge in [0.05, 0.1) is 22.9 Å². The molecule has 0 saturated heterocycles. The molecule has 0 spiro atoms. The van der Waals surface area contributed by atoms with Gasteiger partial charge in [-0.25, -0.2) is 15.0 Å². The molecule has 128 valence electrons. The first-order valence-electron chi connectivity index (χ1n) is 7.44. The van der Waals surface area contributed by atoms with Crippen LogP contribution in [0.3, 0.4) is 0 Å². The summed E-state index contributed by atoms with van der Waals surface area (Å²) in [7, 11) is 0. The Labute approximate surface area is 163 Å². The maximum atomic E-state index is 4.60. The third kappa shape index (κ3) is 6.72. The van der Waals surface area contributed by atoms with Crippen molar-refractivity contribution in [3.05, 3.63) is 31.7 Å². The standard InChI is InChI=1S/C15H23N5S2.HI/c1-5-16-15(17-7-6-13-9-21-12(4)20-13)18-8-14-19-10(2)11(3)22-14;/h9H,5-8H2,1-4H3,(H2,16,17,18);1H. The summed E-state index contributed by atoms with van der Waals surface area (Å²) in [4.78, 5) is 14.9. The minimum Gasteiger partial charge on any atom is -0.357 e. The highest BCUT2D eigenvalue weighted by atomic mass is 127. The lowest BCUT2D eigenvalue weighted by atomic mass is 10.3. The average molecular weight is 465 g/mol. The van der Waals surface area contributed by atoms with Gasteiger partial charge in [0.1, 0.15) is 5.01 Å². The summed E-state index contributed by atoms with van der Waals surface area (Å²) in [5.74, 6) is 0.833. The van der Waals surface area contributed by atoms with Crippen molar-refractivity contribution in [3.63, 3.8) is 0 Å². The number of nitrogens with one attached hydrogen (secondary N) is 2. The Hall–Kier alpha value is -0.740. The molecule has 0 radical (unpaired) electrons. The Kier molecular flexibility index (Phi) is 9.00. The topological polar surface area (TPSA) is 62.2 Å². The quantitative estimate of drug-likeness (QED) is 0.390. The molecule has 0 aliphatic rings. The first-order valence-corrected chi connectivity index (χ1v) is 9.14. The fourth-order valence-electron chi connectivity index (χ4n) is 1.93. The van der Waals surface area contributed by atoms with E-state index in [1.165, 1.54) is 4.88 Å². The number of hydrogen-bond acceptors (Lipinski definition) is 5. The molecule has 2 rings (SSSR count). The molecular weight excluding hydrogens is 441 g/mol. The zero-order valence-corrected chi connectivity index (χ0v) is 17.9. The maximum Gasteiger partial charge on any atom is 0.191 e. The first kappa shape index (κ1) is 20.3. The Morgan fingerprint density at radius 3 is 2.57 bits per heavy atom. The molecule has 2 aromatic heterocycles. The predicted octanol–water partition coefficient (Wildman–Crippen LogP) is 3.44. The predicted molar refractivity (Wildman–Crippen MR) is 110 cm³/mol. The molecular formula is C15H24IN5S2. The molecule has 8 heteroatoms. The normalized spacial score (nSPS) is 11.2. The number of thiazole rings is 2. The zero-order chi connectivity index (χ0) is 15.9. The van der Waals surface area contributed by atoms with Crippen LogP contribution in [0.5, 0.6) is 0 Å². The molecule has 0 bridgehead atoms. The molecule has 5 nitrogen and oxygen atoms in total. The van der Waals surface area contributed by atoms with Crippen LogP contribution in [0.2, 0.25) is 0 Å². The number of aliphatic imine (C=N–C) groups is 1. The number of rotatable bonds is 6. The Balaban J connectivity index is 0.00000264. The average Bonchev–Trinajstić information content (AvgIpc) is 3.03. The van der Waals surface area contributed by atoms with Crippen LogP contribution in [-0.2, 0) is 13.0 Å². The highest BCUT2D eigenvalue weighted by Gasteiger charge is 2.04. The van der Waals surface area contributed by atoms with E-state index in [1.807, 2.05) is 13.8 Å². The summed E-state index contributed by atoms with van der Waals surface area (Å²) >= 11 is 3.41. The summed E-state index contributed by atoms with van der Waals surface area (Å²) in [5.41, 5.74) is 2.24. The maximum absolute atomic E-state index is 4.60. The van der Waals surface area contributed by atoms with Crippen LogP contribution in [0.1, 0.15) is 33.2 Å². The number of hydrogen-bond donors (Lipinski definition) is 2. The van der Waals surface area contributed by atoms with Crippen LogP contribution in [-0.4, -0.2) is 29.0 Å². The van der Waals surface area contributed by atoms with E-state index in [2.05, 4.69) is 44.8 Å². The van der Waals surface area contributed by atoms with E-state index in [1.54, 1.807) is 22.7 Å². The number of aromatic nitrogens is 2. The molecule has 0 aliphatic heterocycles. The molecule has 23 heavy (non-hydrogen) atoms. The monoisotopic (exact) mass is 465 g/mol. The second-order valence-electron chi connectivity index (χ2n) is 4.98. The molecule has 2 heterocycles. The second-order valence-corrected chi connectivity index (χ2v) is 7.33. The second kappa shape index (κ2) is 10.2. The molecule has 0 amide bonds. The molecule has 0 fully saturated rings. The van der Waals surface area contributed by atoms with Gasteiger partial charge in [0.2, 0.25) is 0 Å². The smallest absolute Gasteiger partial charge is 0.191 e. The number of halogens is 1. The molecule has 0 atom stereocenters. The van der Waals surface area contributed by atoms with Gasteiger partial charge in [-0.1, -0.05) is 0 Å². The van der Waals surface area contributed by atoms with Crippen LogP contribution in [0, 0.1) is 20.8 Å². The lowest BCUT2D eigenvalue weighted by Crippen LogP contribution is -2.38. The van der Waals surface area contributed by atoms with Crippen molar-refractivity contribution in [2.75, 3.05) is 13.1 Å². The van der Waals surface area contributed by atoms with E-state index in [9.17, 15) is 0 Å². The van der Waals surface area contributed by atoms with E-state index in [4.69, 9.17) is 0 Å². The first-order chi connectivity index (χ1) is 10.6. The lowest BCUT2D eigenvalue weighted by Gasteiger charge is -2.10. The van der Waals surface area contributed by atoms with Gasteiger partial charge in [0, 0.05) is 29.8 Å². The van der Waals surface area contributed by atoms with Crippen LogP contribution in [0.15, 0.2) is 10.4 Å². The molecule has 0 unspecified atom stereocenters. The van der Waals surface area contributed by atoms with Gasteiger partial charge in [0.15, 0.2) is 5.96 Å². The minimum atomic E-state index is 0. The van der Waals surface area contributed by atoms with Gasteiger partial charge in [-0.05, 0) is 27.7 Å². The van der Waals surface area contributed by atoms with Gasteiger partial charge in [0.25, 0.3) is 0 Å². The number of nitrogens with zero attached hydrogens (tertiary/aromatic N) is 3. The molecule has 0 aliphatic carbocycles. The van der Waals surface area contributed by atoms with Gasteiger partial charge in [-0.2, -0.15) is 0 Å². The van der Waals surface area contributed by atoms with Crippen LogP contribution < -0.4 is 10.6 Å². The molecule has 2 N–H and O–H groups in total. The molecule has 0 saturated carbocycles. The Morgan fingerprint density at radius 1 is 1.22 bits per heavy atom. The summed E-state index contributed by atoms with van der Waals surface area (Å²) in [6.45, 7) is 10.5. The van der Waals surface area contributed by atoms with Crippen molar-refractivity contribution in [1.29, 1.82) is 0 Å². The summed E-state index contributed by atoms with van der Waals surface area (Å²) in [5, 5.41) is 10.9. The van der Waals surface area contributed by atoms with Crippen molar-refractivity contribution in [3.8, 4) is 0 Å². The van der Waals surface area contributed by atoms with Crippen molar-refractivity contribution >= 4 is 52.6 Å². The largest absolute Gasteiger partial charge is 0.357 e. The van der Waals surface area contributed by atoms with Crippen molar-refractivity contribution < 1.29 is 0 Å².